The van der Waals surface area contributed by atoms with Crippen molar-refractivity contribution in [3.8, 4) is 56.0 Å². The SMILES string of the molecule is c1ccc(-c2ccc(-c3ccc4c(c3)Oc3cc(-c5ccc(-c6ccccc6)cc5)ccc3N4c3cccc4ccccc34)cc2)cc1. The Labute approximate surface area is 280 Å². The van der Waals surface area contributed by atoms with Crippen molar-refractivity contribution in [1.82, 2.24) is 0 Å². The number of nitrogens with zero attached hydrogens (tertiary/aromatic N) is 1. The van der Waals surface area contributed by atoms with E-state index in [1.807, 2.05) is 0 Å². The van der Waals surface area contributed by atoms with Gasteiger partial charge in [-0.3, -0.25) is 0 Å². The molecule has 1 heterocycles. The van der Waals surface area contributed by atoms with Crippen LogP contribution in [0.15, 0.2) is 188 Å². The summed E-state index contributed by atoms with van der Waals surface area (Å²) in [6, 6.07) is 66.8. The summed E-state index contributed by atoms with van der Waals surface area (Å²) in [5.41, 5.74) is 12.5. The summed E-state index contributed by atoms with van der Waals surface area (Å²) in [6.45, 7) is 0. The van der Waals surface area contributed by atoms with Gasteiger partial charge in [0.1, 0.15) is 0 Å². The highest BCUT2D eigenvalue weighted by atomic mass is 16.5. The van der Waals surface area contributed by atoms with Crippen molar-refractivity contribution in [2.45, 2.75) is 0 Å². The van der Waals surface area contributed by atoms with Gasteiger partial charge in [0.2, 0.25) is 0 Å². The topological polar surface area (TPSA) is 12.5 Å². The monoisotopic (exact) mass is 613 g/mol. The third-order valence-electron chi connectivity index (χ3n) is 9.28. The molecule has 8 aromatic rings. The molecule has 0 amide bonds. The lowest BCUT2D eigenvalue weighted by atomic mass is 9.98. The molecule has 0 saturated carbocycles. The summed E-state index contributed by atoms with van der Waals surface area (Å²) < 4.78 is 6.81. The highest BCUT2D eigenvalue weighted by Gasteiger charge is 2.28. The molecule has 0 spiro atoms. The molecular weight excluding hydrogens is 583 g/mol. The van der Waals surface area contributed by atoms with Crippen molar-refractivity contribution in [3.05, 3.63) is 188 Å². The van der Waals surface area contributed by atoms with Gasteiger partial charge in [-0.15, -0.1) is 0 Å². The quantitative estimate of drug-likeness (QED) is 0.191. The number of ether oxygens (including phenoxy) is 1. The number of anilines is 3. The molecule has 0 radical (unpaired) electrons. The first-order valence-corrected chi connectivity index (χ1v) is 16.3. The van der Waals surface area contributed by atoms with Crippen LogP contribution in [0.3, 0.4) is 0 Å². The predicted molar refractivity (Wildman–Crippen MR) is 200 cm³/mol. The number of fused-ring (bicyclic) bond motifs is 3. The van der Waals surface area contributed by atoms with Crippen molar-refractivity contribution in [3.63, 3.8) is 0 Å². The van der Waals surface area contributed by atoms with Crippen LogP contribution in [0, 0.1) is 0 Å². The van der Waals surface area contributed by atoms with E-state index >= 15 is 0 Å². The van der Waals surface area contributed by atoms with Crippen molar-refractivity contribution in [1.29, 1.82) is 0 Å². The Bertz CT molecular complexity index is 2260. The molecule has 9 rings (SSSR count). The van der Waals surface area contributed by atoms with E-state index in [4.69, 9.17) is 4.74 Å². The summed E-state index contributed by atoms with van der Waals surface area (Å²) in [7, 11) is 0. The second-order valence-electron chi connectivity index (χ2n) is 12.2. The highest BCUT2D eigenvalue weighted by Crippen LogP contribution is 2.53. The van der Waals surface area contributed by atoms with Gasteiger partial charge < -0.3 is 9.64 Å². The Hall–Kier alpha value is -6.38. The molecule has 48 heavy (non-hydrogen) atoms. The van der Waals surface area contributed by atoms with E-state index in [9.17, 15) is 0 Å². The van der Waals surface area contributed by atoms with Crippen LogP contribution in [0.1, 0.15) is 0 Å². The Balaban J connectivity index is 1.14. The third kappa shape index (κ3) is 5.01. The van der Waals surface area contributed by atoms with Gasteiger partial charge in [0.15, 0.2) is 11.5 Å². The first-order chi connectivity index (χ1) is 23.8. The molecule has 0 N–H and O–H groups in total. The van der Waals surface area contributed by atoms with E-state index < -0.39 is 0 Å². The Kier molecular flexibility index (Phi) is 6.84. The average Bonchev–Trinajstić information content (AvgIpc) is 3.17. The van der Waals surface area contributed by atoms with E-state index in [2.05, 4.69) is 193 Å². The molecular formula is C46H31NO. The normalized spacial score (nSPS) is 11.9. The zero-order valence-electron chi connectivity index (χ0n) is 26.3. The minimum atomic E-state index is 0.830. The lowest BCUT2D eigenvalue weighted by Crippen LogP contribution is -2.16. The molecule has 0 unspecified atom stereocenters. The predicted octanol–water partition coefficient (Wildman–Crippen LogP) is 13.1. The highest BCUT2D eigenvalue weighted by molar-refractivity contribution is 6.01. The summed E-state index contributed by atoms with van der Waals surface area (Å²) in [6.07, 6.45) is 0. The van der Waals surface area contributed by atoms with E-state index in [-0.39, 0.29) is 0 Å². The number of hydrogen-bond acceptors (Lipinski definition) is 2. The first-order valence-electron chi connectivity index (χ1n) is 16.3. The lowest BCUT2D eigenvalue weighted by molar-refractivity contribution is 0.477. The Morgan fingerprint density at radius 3 is 1.21 bits per heavy atom. The van der Waals surface area contributed by atoms with Gasteiger partial charge in [0.05, 0.1) is 17.1 Å². The van der Waals surface area contributed by atoms with Gasteiger partial charge in [0, 0.05) is 5.39 Å². The largest absolute Gasteiger partial charge is 0.453 e. The van der Waals surface area contributed by atoms with E-state index in [1.54, 1.807) is 0 Å². The standard InChI is InChI=1S/C46H31NO/c1-3-10-32(11-4-1)34-18-22-36(23-19-34)39-26-28-43-45(30-39)48-46-31-40(37-24-20-35(21-25-37)33-12-5-2-6-13-33)27-29-44(46)47(43)42-17-9-15-38-14-7-8-16-41(38)42/h1-31H. The van der Waals surface area contributed by atoms with Gasteiger partial charge in [-0.05, 0) is 80.2 Å². The maximum Gasteiger partial charge on any atom is 0.152 e. The van der Waals surface area contributed by atoms with Gasteiger partial charge in [-0.1, -0.05) is 158 Å². The summed E-state index contributed by atoms with van der Waals surface area (Å²) in [4.78, 5) is 2.35. The van der Waals surface area contributed by atoms with Crippen LogP contribution in [-0.2, 0) is 0 Å². The Morgan fingerprint density at radius 1 is 0.292 bits per heavy atom. The molecule has 0 bridgehead atoms. The zero-order valence-corrected chi connectivity index (χ0v) is 26.3. The second kappa shape index (κ2) is 11.8. The van der Waals surface area contributed by atoms with Crippen LogP contribution in [0.5, 0.6) is 11.5 Å². The molecule has 1 aliphatic heterocycles. The molecule has 2 nitrogen and oxygen atoms in total. The van der Waals surface area contributed by atoms with Crippen LogP contribution in [0.25, 0.3) is 55.3 Å². The zero-order chi connectivity index (χ0) is 31.9. The van der Waals surface area contributed by atoms with E-state index in [0.29, 0.717) is 0 Å². The summed E-state index contributed by atoms with van der Waals surface area (Å²) >= 11 is 0. The van der Waals surface area contributed by atoms with Crippen molar-refractivity contribution < 1.29 is 4.74 Å². The minimum Gasteiger partial charge on any atom is -0.453 e. The van der Waals surface area contributed by atoms with E-state index in [1.165, 1.54) is 33.0 Å². The summed E-state index contributed by atoms with van der Waals surface area (Å²) in [5.74, 6) is 1.66. The van der Waals surface area contributed by atoms with Gasteiger partial charge in [-0.25, -0.2) is 0 Å². The second-order valence-corrected chi connectivity index (χ2v) is 12.2. The lowest BCUT2D eigenvalue weighted by Gasteiger charge is -2.34. The summed E-state index contributed by atoms with van der Waals surface area (Å²) in [5, 5.41) is 2.40. The number of hydrogen-bond donors (Lipinski definition) is 0. The molecule has 226 valence electrons. The maximum absolute atomic E-state index is 6.81. The van der Waals surface area contributed by atoms with Gasteiger partial charge in [-0.2, -0.15) is 0 Å². The number of rotatable bonds is 5. The molecule has 0 aliphatic carbocycles. The molecule has 2 heteroatoms. The van der Waals surface area contributed by atoms with Crippen LogP contribution in [0.4, 0.5) is 17.1 Å². The van der Waals surface area contributed by atoms with Crippen molar-refractivity contribution >= 4 is 27.8 Å². The maximum atomic E-state index is 6.81. The van der Waals surface area contributed by atoms with Crippen LogP contribution in [0.2, 0.25) is 0 Å². The van der Waals surface area contributed by atoms with E-state index in [0.717, 1.165) is 50.8 Å². The third-order valence-corrected chi connectivity index (χ3v) is 9.28. The first kappa shape index (κ1) is 27.9. The fourth-order valence-corrected chi connectivity index (χ4v) is 6.80. The minimum absolute atomic E-state index is 0.830. The van der Waals surface area contributed by atoms with Crippen molar-refractivity contribution in [2.75, 3.05) is 4.90 Å². The number of benzene rings is 8. The molecule has 0 aromatic heterocycles. The molecule has 0 saturated heterocycles. The van der Waals surface area contributed by atoms with Gasteiger partial charge >= 0.3 is 0 Å². The average molecular weight is 614 g/mol. The van der Waals surface area contributed by atoms with Crippen molar-refractivity contribution in [2.24, 2.45) is 0 Å². The molecule has 8 aromatic carbocycles. The van der Waals surface area contributed by atoms with Crippen LogP contribution < -0.4 is 9.64 Å². The smallest absolute Gasteiger partial charge is 0.152 e. The van der Waals surface area contributed by atoms with Crippen LogP contribution >= 0.6 is 0 Å². The Morgan fingerprint density at radius 2 is 0.688 bits per heavy atom. The molecule has 0 atom stereocenters. The fourth-order valence-electron chi connectivity index (χ4n) is 6.80. The fraction of sp³-hybridized carbons (Fsp3) is 0. The van der Waals surface area contributed by atoms with Gasteiger partial charge in [0.25, 0.3) is 0 Å². The molecule has 1 aliphatic rings. The molecule has 0 fully saturated rings. The van der Waals surface area contributed by atoms with Crippen LogP contribution in [-0.4, -0.2) is 0 Å².